The van der Waals surface area contributed by atoms with Gasteiger partial charge in [0.1, 0.15) is 11.4 Å². The molecule has 0 saturated carbocycles. The first-order chi connectivity index (χ1) is 7.34. The molecule has 90 valence electrons. The second kappa shape index (κ2) is 4.52. The maximum absolute atomic E-state index is 12.6. The van der Waals surface area contributed by atoms with Gasteiger partial charge in [0.25, 0.3) is 0 Å². The first-order valence-electron chi connectivity index (χ1n) is 4.48. The van der Waals surface area contributed by atoms with E-state index >= 15 is 0 Å². The number of nitrogen functional groups attached to an aromatic ring is 1. The minimum Gasteiger partial charge on any atom is -0.368 e. The van der Waals surface area contributed by atoms with Crippen LogP contribution < -0.4 is 16.4 Å². The lowest BCUT2D eigenvalue weighted by Gasteiger charge is -2.17. The van der Waals surface area contributed by atoms with Crippen LogP contribution in [0.25, 0.3) is 0 Å². The minimum absolute atomic E-state index is 0.209. The van der Waals surface area contributed by atoms with Gasteiger partial charge in [0.2, 0.25) is 5.95 Å². The van der Waals surface area contributed by atoms with Crippen LogP contribution in [0.3, 0.4) is 0 Å². The third-order valence-corrected chi connectivity index (χ3v) is 1.90. The van der Waals surface area contributed by atoms with Crippen LogP contribution in [-0.2, 0) is 6.18 Å². The van der Waals surface area contributed by atoms with Crippen LogP contribution in [-0.4, -0.2) is 23.2 Å². The van der Waals surface area contributed by atoms with Crippen LogP contribution in [0.5, 0.6) is 0 Å². The number of rotatable bonds is 3. The van der Waals surface area contributed by atoms with Crippen molar-refractivity contribution in [2.75, 3.05) is 18.1 Å². The summed E-state index contributed by atoms with van der Waals surface area (Å²) in [5.41, 5.74) is 4.30. The summed E-state index contributed by atoms with van der Waals surface area (Å²) in [6, 6.07) is 0. The highest BCUT2D eigenvalue weighted by atomic mass is 19.4. The maximum atomic E-state index is 12.6. The number of hydrogen-bond acceptors (Lipinski definition) is 5. The van der Waals surface area contributed by atoms with Crippen LogP contribution in [0, 0.1) is 0 Å². The summed E-state index contributed by atoms with van der Waals surface area (Å²) >= 11 is 0. The zero-order valence-corrected chi connectivity index (χ0v) is 8.76. The van der Waals surface area contributed by atoms with Gasteiger partial charge in [0.05, 0.1) is 6.17 Å². The maximum Gasteiger partial charge on any atom is 0.421 e. The van der Waals surface area contributed by atoms with E-state index in [1.54, 1.807) is 14.0 Å². The van der Waals surface area contributed by atoms with Crippen molar-refractivity contribution in [1.82, 2.24) is 15.3 Å². The van der Waals surface area contributed by atoms with Crippen molar-refractivity contribution >= 4 is 11.8 Å². The summed E-state index contributed by atoms with van der Waals surface area (Å²) in [5.74, 6) is -0.541. The van der Waals surface area contributed by atoms with Crippen molar-refractivity contribution in [3.8, 4) is 0 Å². The number of alkyl halides is 3. The molecule has 0 saturated heterocycles. The van der Waals surface area contributed by atoms with E-state index < -0.39 is 11.7 Å². The van der Waals surface area contributed by atoms with E-state index in [2.05, 4.69) is 20.6 Å². The fourth-order valence-electron chi connectivity index (χ4n) is 0.990. The van der Waals surface area contributed by atoms with Crippen molar-refractivity contribution in [3.05, 3.63) is 11.8 Å². The van der Waals surface area contributed by atoms with Gasteiger partial charge in [-0.1, -0.05) is 0 Å². The molecule has 0 radical (unpaired) electrons. The molecule has 0 fully saturated rings. The Balaban J connectivity index is 3.09. The quantitative estimate of drug-likeness (QED) is 0.683. The molecule has 0 spiro atoms. The summed E-state index contributed by atoms with van der Waals surface area (Å²) < 4.78 is 37.7. The molecule has 1 atom stereocenters. The van der Waals surface area contributed by atoms with Gasteiger partial charge in [-0.3, -0.25) is 0 Å². The number of anilines is 2. The lowest BCUT2D eigenvalue weighted by molar-refractivity contribution is -0.137. The minimum atomic E-state index is -4.51. The third kappa shape index (κ3) is 2.96. The normalized spacial score (nSPS) is 13.6. The van der Waals surface area contributed by atoms with Gasteiger partial charge in [0.15, 0.2) is 0 Å². The molecule has 0 amide bonds. The van der Waals surface area contributed by atoms with Crippen LogP contribution in [0.15, 0.2) is 6.20 Å². The van der Waals surface area contributed by atoms with Crippen LogP contribution in [0.1, 0.15) is 12.5 Å². The van der Waals surface area contributed by atoms with Crippen molar-refractivity contribution in [2.24, 2.45) is 0 Å². The molecule has 0 aliphatic rings. The Morgan fingerprint density at radius 2 is 2.06 bits per heavy atom. The molecule has 0 bridgehead atoms. The zero-order chi connectivity index (χ0) is 12.3. The second-order valence-electron chi connectivity index (χ2n) is 3.14. The van der Waals surface area contributed by atoms with E-state index in [0.717, 1.165) is 0 Å². The third-order valence-electron chi connectivity index (χ3n) is 1.90. The van der Waals surface area contributed by atoms with Gasteiger partial charge in [-0.25, -0.2) is 4.98 Å². The average molecular weight is 235 g/mol. The molecule has 1 aromatic heterocycles. The first kappa shape index (κ1) is 12.5. The summed E-state index contributed by atoms with van der Waals surface area (Å²) in [6.07, 6.45) is -4.22. The Morgan fingerprint density at radius 1 is 1.44 bits per heavy atom. The monoisotopic (exact) mass is 235 g/mol. The fourth-order valence-corrected chi connectivity index (χ4v) is 0.990. The molecule has 16 heavy (non-hydrogen) atoms. The zero-order valence-electron chi connectivity index (χ0n) is 8.76. The number of hydrogen-bond donors (Lipinski definition) is 3. The van der Waals surface area contributed by atoms with E-state index in [9.17, 15) is 13.2 Å². The van der Waals surface area contributed by atoms with Gasteiger partial charge >= 0.3 is 6.18 Å². The number of halogens is 3. The van der Waals surface area contributed by atoms with Crippen molar-refractivity contribution in [2.45, 2.75) is 19.3 Å². The number of nitrogens with zero attached hydrogens (tertiary/aromatic N) is 2. The van der Waals surface area contributed by atoms with E-state index in [4.69, 9.17) is 5.73 Å². The average Bonchev–Trinajstić information content (AvgIpc) is 2.15. The summed E-state index contributed by atoms with van der Waals surface area (Å²) in [7, 11) is 1.61. The van der Waals surface area contributed by atoms with Gasteiger partial charge in [0, 0.05) is 6.20 Å². The SMILES string of the molecule is CN[C@H](C)Nc1nc(N)ncc1C(F)(F)F. The standard InChI is InChI=1S/C8H12F3N5/c1-4(13-2)15-6-5(8(9,10)11)3-14-7(12)16-6/h3-4,13H,1-2H3,(H3,12,14,15,16)/t4-/m0/s1. The van der Waals surface area contributed by atoms with Crippen molar-refractivity contribution < 1.29 is 13.2 Å². The molecular formula is C8H12F3N5. The molecule has 1 heterocycles. The molecule has 5 nitrogen and oxygen atoms in total. The molecule has 1 rings (SSSR count). The highest BCUT2D eigenvalue weighted by molar-refractivity contribution is 5.48. The van der Waals surface area contributed by atoms with Gasteiger partial charge < -0.3 is 16.4 Å². The molecule has 0 unspecified atom stereocenters. The van der Waals surface area contributed by atoms with E-state index in [1.165, 1.54) is 0 Å². The van der Waals surface area contributed by atoms with E-state index in [1.807, 2.05) is 0 Å². The second-order valence-corrected chi connectivity index (χ2v) is 3.14. The Kier molecular flexibility index (Phi) is 3.53. The molecule has 0 aliphatic carbocycles. The Morgan fingerprint density at radius 3 is 2.56 bits per heavy atom. The lowest BCUT2D eigenvalue weighted by Crippen LogP contribution is -2.31. The predicted octanol–water partition coefficient (Wildman–Crippen LogP) is 1.05. The van der Waals surface area contributed by atoms with Gasteiger partial charge in [-0.15, -0.1) is 0 Å². The highest BCUT2D eigenvalue weighted by Crippen LogP contribution is 2.33. The molecule has 1 aromatic rings. The molecule has 8 heteroatoms. The smallest absolute Gasteiger partial charge is 0.368 e. The number of nitrogens with one attached hydrogen (secondary N) is 2. The van der Waals surface area contributed by atoms with Crippen molar-refractivity contribution in [1.29, 1.82) is 0 Å². The van der Waals surface area contributed by atoms with Gasteiger partial charge in [-0.05, 0) is 14.0 Å². The Labute approximate surface area is 90.3 Å². The van der Waals surface area contributed by atoms with Crippen LogP contribution in [0.2, 0.25) is 0 Å². The highest BCUT2D eigenvalue weighted by Gasteiger charge is 2.35. The number of nitrogens with two attached hydrogens (primary N) is 1. The predicted molar refractivity (Wildman–Crippen MR) is 53.6 cm³/mol. The topological polar surface area (TPSA) is 75.9 Å². The Hall–Kier alpha value is -1.57. The van der Waals surface area contributed by atoms with Crippen LogP contribution >= 0.6 is 0 Å². The molecule has 0 aliphatic heterocycles. The van der Waals surface area contributed by atoms with E-state index in [0.29, 0.717) is 6.20 Å². The molecule has 4 N–H and O–H groups in total. The largest absolute Gasteiger partial charge is 0.421 e. The summed E-state index contributed by atoms with van der Waals surface area (Å²) in [5, 5.41) is 5.28. The van der Waals surface area contributed by atoms with Gasteiger partial charge in [-0.2, -0.15) is 18.2 Å². The van der Waals surface area contributed by atoms with Crippen molar-refractivity contribution in [3.63, 3.8) is 0 Å². The fraction of sp³-hybridized carbons (Fsp3) is 0.500. The first-order valence-corrected chi connectivity index (χ1v) is 4.48. The molecule has 0 aromatic carbocycles. The summed E-state index contributed by atoms with van der Waals surface area (Å²) in [4.78, 5) is 6.85. The van der Waals surface area contributed by atoms with E-state index in [-0.39, 0.29) is 17.9 Å². The van der Waals surface area contributed by atoms with Crippen LogP contribution in [0.4, 0.5) is 24.9 Å². The lowest BCUT2D eigenvalue weighted by atomic mass is 10.3. The summed E-state index contributed by atoms with van der Waals surface area (Å²) in [6.45, 7) is 1.65. The number of aromatic nitrogens is 2. The Bertz CT molecular complexity index is 365. The molecular weight excluding hydrogens is 223 g/mol.